The maximum atomic E-state index is 12.4. The van der Waals surface area contributed by atoms with E-state index < -0.39 is 24.2 Å². The monoisotopic (exact) mass is 318 g/mol. The summed E-state index contributed by atoms with van der Waals surface area (Å²) in [6.07, 6.45) is 3.07. The van der Waals surface area contributed by atoms with Crippen LogP contribution in [0.15, 0.2) is 23.4 Å². The normalized spacial score (nSPS) is 10.5. The van der Waals surface area contributed by atoms with Crippen LogP contribution in [-0.4, -0.2) is 35.8 Å². The Hall–Kier alpha value is -1.70. The number of carbonyl (C=O) groups is 2. The van der Waals surface area contributed by atoms with Gasteiger partial charge in [0, 0.05) is 12.7 Å². The van der Waals surface area contributed by atoms with E-state index in [-0.39, 0.29) is 22.4 Å². The Morgan fingerprint density at radius 2 is 2.24 bits per heavy atom. The molecular weight excluding hydrogens is 302 g/mol. The maximum Gasteiger partial charge on any atom is 0.341 e. The highest BCUT2D eigenvalue weighted by Crippen LogP contribution is 2.26. The first kappa shape index (κ1) is 17.4. The highest BCUT2D eigenvalue weighted by atomic mass is 32.2. The van der Waals surface area contributed by atoms with E-state index in [0.29, 0.717) is 6.54 Å². The van der Waals surface area contributed by atoms with Gasteiger partial charge in [-0.05, 0) is 30.3 Å². The van der Waals surface area contributed by atoms with Crippen LogP contribution in [0.1, 0.15) is 30.1 Å². The Morgan fingerprint density at radius 1 is 1.48 bits per heavy atom. The van der Waals surface area contributed by atoms with Crippen molar-refractivity contribution in [3.05, 3.63) is 23.9 Å². The number of thioether (sulfide) groups is 1. The van der Waals surface area contributed by atoms with Crippen molar-refractivity contribution in [3.63, 3.8) is 0 Å². The number of hydrogen-bond acceptors (Lipinski definition) is 5. The van der Waals surface area contributed by atoms with Crippen molar-refractivity contribution in [2.45, 2.75) is 30.5 Å². The summed E-state index contributed by atoms with van der Waals surface area (Å²) in [5.74, 6) is -3.97. The summed E-state index contributed by atoms with van der Waals surface area (Å²) in [6, 6.07) is 2.77. The molecule has 116 valence electrons. The van der Waals surface area contributed by atoms with Crippen LogP contribution >= 0.6 is 11.8 Å². The average molecular weight is 318 g/mol. The van der Waals surface area contributed by atoms with Crippen molar-refractivity contribution in [3.8, 4) is 0 Å². The lowest BCUT2D eigenvalue weighted by Crippen LogP contribution is -2.29. The van der Waals surface area contributed by atoms with E-state index in [1.807, 2.05) is 6.92 Å². The largest absolute Gasteiger partial charge is 0.452 e. The number of esters is 1. The van der Waals surface area contributed by atoms with E-state index in [0.717, 1.165) is 12.8 Å². The van der Waals surface area contributed by atoms with Gasteiger partial charge in [-0.25, -0.2) is 9.78 Å². The van der Waals surface area contributed by atoms with Crippen molar-refractivity contribution in [1.29, 1.82) is 0 Å². The van der Waals surface area contributed by atoms with E-state index in [1.165, 1.54) is 18.3 Å². The molecule has 0 bridgehead atoms. The van der Waals surface area contributed by atoms with Gasteiger partial charge in [0.15, 0.2) is 6.61 Å². The molecule has 0 spiro atoms. The Labute approximate surface area is 125 Å². The van der Waals surface area contributed by atoms with Crippen molar-refractivity contribution >= 4 is 23.6 Å². The van der Waals surface area contributed by atoms with E-state index in [9.17, 15) is 18.4 Å². The van der Waals surface area contributed by atoms with Crippen LogP contribution in [0.3, 0.4) is 0 Å². The van der Waals surface area contributed by atoms with E-state index in [2.05, 4.69) is 10.3 Å². The van der Waals surface area contributed by atoms with Gasteiger partial charge in [-0.3, -0.25) is 4.79 Å². The molecule has 0 radical (unpaired) electrons. The molecule has 1 aromatic heterocycles. The highest BCUT2D eigenvalue weighted by Gasteiger charge is 2.18. The second-order valence-corrected chi connectivity index (χ2v) is 4.99. The van der Waals surface area contributed by atoms with Gasteiger partial charge in [0.05, 0.1) is 5.56 Å². The van der Waals surface area contributed by atoms with E-state index in [1.54, 1.807) is 0 Å². The van der Waals surface area contributed by atoms with Crippen LogP contribution < -0.4 is 5.32 Å². The summed E-state index contributed by atoms with van der Waals surface area (Å²) in [5.41, 5.74) is -0.0795. The molecule has 0 aliphatic rings. The molecule has 0 aliphatic heterocycles. The molecular formula is C13H16F2N2O3S. The average Bonchev–Trinajstić information content (AvgIpc) is 2.45. The molecule has 1 aromatic rings. The number of pyridine rings is 1. The quantitative estimate of drug-likeness (QED) is 0.453. The van der Waals surface area contributed by atoms with Gasteiger partial charge >= 0.3 is 5.97 Å². The third kappa shape index (κ3) is 6.52. The first-order valence-corrected chi connectivity index (χ1v) is 7.26. The standard InChI is InChI=1S/C13H16F2N2O3S/c1-2-3-6-16-10(18)8-20-12(19)9-5-4-7-17-11(9)21-13(14)15/h4-5,7,13H,2-3,6,8H2,1H3,(H,16,18). The molecule has 0 aromatic carbocycles. The van der Waals surface area contributed by atoms with Crippen molar-refractivity contribution in [2.24, 2.45) is 0 Å². The number of unbranched alkanes of at least 4 members (excludes halogenated alkanes) is 1. The second kappa shape index (κ2) is 9.28. The third-order valence-corrected chi connectivity index (χ3v) is 3.11. The van der Waals surface area contributed by atoms with Gasteiger partial charge in [0.2, 0.25) is 0 Å². The molecule has 5 nitrogen and oxygen atoms in total. The second-order valence-electron chi connectivity index (χ2n) is 4.01. The Bertz CT molecular complexity index is 486. The van der Waals surface area contributed by atoms with Gasteiger partial charge in [-0.15, -0.1) is 0 Å². The zero-order chi connectivity index (χ0) is 15.7. The summed E-state index contributed by atoms with van der Waals surface area (Å²) in [5, 5.41) is 2.46. The molecule has 1 amide bonds. The minimum atomic E-state index is -2.69. The van der Waals surface area contributed by atoms with Crippen LogP contribution in [0.2, 0.25) is 0 Å². The van der Waals surface area contributed by atoms with Crippen LogP contribution in [0, 0.1) is 0 Å². The van der Waals surface area contributed by atoms with E-state index >= 15 is 0 Å². The summed E-state index contributed by atoms with van der Waals surface area (Å²) < 4.78 is 29.5. The number of nitrogens with zero attached hydrogens (tertiary/aromatic N) is 1. The number of amides is 1. The Kier molecular flexibility index (Phi) is 7.66. The van der Waals surface area contributed by atoms with Crippen molar-refractivity contribution in [2.75, 3.05) is 13.2 Å². The third-order valence-electron chi connectivity index (χ3n) is 2.38. The molecule has 0 unspecified atom stereocenters. The Morgan fingerprint density at radius 3 is 2.90 bits per heavy atom. The van der Waals surface area contributed by atoms with Gasteiger partial charge < -0.3 is 10.1 Å². The van der Waals surface area contributed by atoms with Gasteiger partial charge in [0.25, 0.3) is 11.7 Å². The zero-order valence-corrected chi connectivity index (χ0v) is 12.3. The number of nitrogens with one attached hydrogen (secondary N) is 1. The molecule has 1 N–H and O–H groups in total. The van der Waals surface area contributed by atoms with Crippen LogP contribution in [-0.2, 0) is 9.53 Å². The number of halogens is 2. The highest BCUT2D eigenvalue weighted by molar-refractivity contribution is 7.99. The number of ether oxygens (including phenoxy) is 1. The molecule has 0 aliphatic carbocycles. The number of alkyl halides is 2. The minimum Gasteiger partial charge on any atom is -0.452 e. The summed E-state index contributed by atoms with van der Waals surface area (Å²) in [4.78, 5) is 26.9. The first-order chi connectivity index (χ1) is 10.0. The Balaban J connectivity index is 2.54. The fraction of sp³-hybridized carbons (Fsp3) is 0.462. The number of carbonyl (C=O) groups excluding carboxylic acids is 2. The lowest BCUT2D eigenvalue weighted by atomic mass is 10.3. The number of hydrogen-bond donors (Lipinski definition) is 1. The topological polar surface area (TPSA) is 68.3 Å². The molecule has 0 saturated heterocycles. The molecule has 0 saturated carbocycles. The van der Waals surface area contributed by atoms with Gasteiger partial charge in [-0.2, -0.15) is 8.78 Å². The smallest absolute Gasteiger partial charge is 0.341 e. The first-order valence-electron chi connectivity index (χ1n) is 6.38. The molecule has 8 heteroatoms. The van der Waals surface area contributed by atoms with Crippen molar-refractivity contribution < 1.29 is 23.1 Å². The van der Waals surface area contributed by atoms with Gasteiger partial charge in [0.1, 0.15) is 5.03 Å². The molecule has 0 fully saturated rings. The summed E-state index contributed by atoms with van der Waals surface area (Å²) in [7, 11) is 0. The van der Waals surface area contributed by atoms with Crippen molar-refractivity contribution in [1.82, 2.24) is 10.3 Å². The molecule has 21 heavy (non-hydrogen) atoms. The molecule has 1 heterocycles. The van der Waals surface area contributed by atoms with E-state index in [4.69, 9.17) is 4.74 Å². The zero-order valence-electron chi connectivity index (χ0n) is 11.5. The number of aromatic nitrogens is 1. The molecule has 1 rings (SSSR count). The summed E-state index contributed by atoms with van der Waals surface area (Å²) >= 11 is 0.159. The molecule has 0 atom stereocenters. The fourth-order valence-corrected chi connectivity index (χ4v) is 1.96. The number of rotatable bonds is 8. The SMILES string of the molecule is CCCCNC(=O)COC(=O)c1cccnc1SC(F)F. The fourth-order valence-electron chi connectivity index (χ4n) is 1.39. The van der Waals surface area contributed by atoms with Gasteiger partial charge in [-0.1, -0.05) is 13.3 Å². The lowest BCUT2D eigenvalue weighted by Gasteiger charge is -2.08. The van der Waals surface area contributed by atoms with Crippen LogP contribution in [0.5, 0.6) is 0 Å². The predicted molar refractivity (Wildman–Crippen MR) is 74.3 cm³/mol. The summed E-state index contributed by atoms with van der Waals surface area (Å²) in [6.45, 7) is 2.04. The van der Waals surface area contributed by atoms with Crippen LogP contribution in [0.25, 0.3) is 0 Å². The minimum absolute atomic E-state index is 0.0795. The lowest BCUT2D eigenvalue weighted by molar-refractivity contribution is -0.124. The van der Waals surface area contributed by atoms with Crippen LogP contribution in [0.4, 0.5) is 8.78 Å². The predicted octanol–water partition coefficient (Wildman–Crippen LogP) is 2.47. The maximum absolute atomic E-state index is 12.4.